The molecule has 3 aromatic rings. The predicted octanol–water partition coefficient (Wildman–Crippen LogP) is 3.20. The van der Waals surface area contributed by atoms with E-state index in [0.29, 0.717) is 43.6 Å². The van der Waals surface area contributed by atoms with Crippen LogP contribution in [0.4, 0.5) is 10.3 Å². The van der Waals surface area contributed by atoms with Crippen molar-refractivity contribution in [1.82, 2.24) is 19.4 Å². The molecule has 5 rings (SSSR count). The van der Waals surface area contributed by atoms with Gasteiger partial charge in [0.05, 0.1) is 32.6 Å². The molecule has 9 nitrogen and oxygen atoms in total. The molecule has 0 bridgehead atoms. The fraction of sp³-hybridized carbons (Fsp3) is 0.393. The Morgan fingerprint density at radius 1 is 1.11 bits per heavy atom. The summed E-state index contributed by atoms with van der Waals surface area (Å²) in [5.74, 6) is 0.349. The number of carbonyl (C=O) groups is 2. The van der Waals surface area contributed by atoms with Crippen LogP contribution in [0, 0.1) is 11.7 Å². The molecule has 1 N–H and O–H groups in total. The zero-order valence-electron chi connectivity index (χ0n) is 21.4. The highest BCUT2D eigenvalue weighted by atomic mass is 19.1. The third-order valence-electron chi connectivity index (χ3n) is 6.81. The highest BCUT2D eigenvalue weighted by Gasteiger charge is 2.34. The Labute approximate surface area is 221 Å². The summed E-state index contributed by atoms with van der Waals surface area (Å²) in [5.41, 5.74) is 2.11. The van der Waals surface area contributed by atoms with Crippen LogP contribution in [0.3, 0.4) is 0 Å². The summed E-state index contributed by atoms with van der Waals surface area (Å²) in [4.78, 5) is 34.7. The van der Waals surface area contributed by atoms with Crippen molar-refractivity contribution >= 4 is 17.8 Å². The Bertz CT molecular complexity index is 1250. The van der Waals surface area contributed by atoms with E-state index < -0.39 is 0 Å². The Hall–Kier alpha value is -3.76. The van der Waals surface area contributed by atoms with Crippen molar-refractivity contribution in [3.05, 3.63) is 60.5 Å². The van der Waals surface area contributed by atoms with Crippen LogP contribution in [0.15, 0.2) is 54.7 Å². The highest BCUT2D eigenvalue weighted by molar-refractivity contribution is 5.94. The first-order valence-corrected chi connectivity index (χ1v) is 12.9. The average molecular weight is 522 g/mol. The van der Waals surface area contributed by atoms with Crippen molar-refractivity contribution in [2.75, 3.05) is 58.4 Å². The van der Waals surface area contributed by atoms with E-state index in [1.807, 2.05) is 24.3 Å². The van der Waals surface area contributed by atoms with Crippen LogP contribution < -0.4 is 10.1 Å². The van der Waals surface area contributed by atoms with E-state index >= 15 is 0 Å². The third kappa shape index (κ3) is 6.38. The van der Waals surface area contributed by atoms with Crippen molar-refractivity contribution < 1.29 is 23.5 Å². The van der Waals surface area contributed by atoms with Gasteiger partial charge in [-0.05, 0) is 61.4 Å². The van der Waals surface area contributed by atoms with E-state index in [4.69, 9.17) is 9.47 Å². The smallest absolute Gasteiger partial charge is 0.246 e. The summed E-state index contributed by atoms with van der Waals surface area (Å²) in [6.07, 6.45) is 3.53. The molecule has 1 saturated heterocycles. The number of amides is 2. The van der Waals surface area contributed by atoms with Gasteiger partial charge in [0.25, 0.3) is 0 Å². The summed E-state index contributed by atoms with van der Waals surface area (Å²) in [6, 6.07) is 13.4. The molecular formula is C28H32FN5O4. The molecule has 200 valence electrons. The lowest BCUT2D eigenvalue weighted by Gasteiger charge is -2.30. The van der Waals surface area contributed by atoms with Gasteiger partial charge in [-0.1, -0.05) is 0 Å². The number of rotatable bonds is 10. The number of methoxy groups -OCH3 is 1. The Morgan fingerprint density at radius 3 is 2.47 bits per heavy atom. The minimum Gasteiger partial charge on any atom is -0.497 e. The van der Waals surface area contributed by atoms with Gasteiger partial charge in [-0.25, -0.2) is 9.37 Å². The van der Waals surface area contributed by atoms with E-state index in [-0.39, 0.29) is 30.1 Å². The second-order valence-corrected chi connectivity index (χ2v) is 9.56. The summed E-state index contributed by atoms with van der Waals surface area (Å²) < 4.78 is 26.0. The first-order chi connectivity index (χ1) is 18.5. The number of anilines is 1. The summed E-state index contributed by atoms with van der Waals surface area (Å²) in [5, 5.41) is 2.89. The van der Waals surface area contributed by atoms with E-state index in [1.54, 1.807) is 34.9 Å². The third-order valence-corrected chi connectivity index (χ3v) is 6.81. The van der Waals surface area contributed by atoms with Crippen molar-refractivity contribution in [2.45, 2.75) is 12.8 Å². The van der Waals surface area contributed by atoms with Crippen LogP contribution in [0.25, 0.3) is 16.9 Å². The number of hydrogen-bond donors (Lipinski definition) is 1. The molecule has 38 heavy (non-hydrogen) atoms. The van der Waals surface area contributed by atoms with Crippen LogP contribution in [0.5, 0.6) is 5.75 Å². The van der Waals surface area contributed by atoms with Crippen LogP contribution >= 0.6 is 0 Å². The number of morpholine rings is 1. The molecule has 0 radical (unpaired) electrons. The SMILES string of the molecule is COc1ccc(-c2cn(-c3ccc(F)cc3)c(NC(=O)CN(CCN3CCOCC3)C(=O)C3CC3)n2)cc1. The molecule has 1 aliphatic carbocycles. The van der Waals surface area contributed by atoms with Gasteiger partial charge < -0.3 is 14.4 Å². The largest absolute Gasteiger partial charge is 0.497 e. The van der Waals surface area contributed by atoms with Gasteiger partial charge in [0, 0.05) is 49.5 Å². The van der Waals surface area contributed by atoms with Gasteiger partial charge in [-0.15, -0.1) is 0 Å². The van der Waals surface area contributed by atoms with Crippen molar-refractivity contribution in [3.63, 3.8) is 0 Å². The number of ether oxygens (including phenoxy) is 2. The van der Waals surface area contributed by atoms with Crippen LogP contribution in [-0.2, 0) is 14.3 Å². The molecule has 2 aromatic carbocycles. The Morgan fingerprint density at radius 2 is 1.82 bits per heavy atom. The molecular weight excluding hydrogens is 489 g/mol. The fourth-order valence-corrected chi connectivity index (χ4v) is 4.45. The van der Waals surface area contributed by atoms with E-state index in [2.05, 4.69) is 15.2 Å². The van der Waals surface area contributed by atoms with E-state index in [1.165, 1.54) is 12.1 Å². The molecule has 0 atom stereocenters. The van der Waals surface area contributed by atoms with Gasteiger partial charge in [0.1, 0.15) is 11.6 Å². The number of carbonyl (C=O) groups excluding carboxylic acids is 2. The first kappa shape index (κ1) is 25.9. The quantitative estimate of drug-likeness (QED) is 0.441. The van der Waals surface area contributed by atoms with Gasteiger partial charge in [-0.3, -0.25) is 24.4 Å². The predicted molar refractivity (Wildman–Crippen MR) is 141 cm³/mol. The molecule has 0 spiro atoms. The molecule has 2 heterocycles. The number of nitrogens with one attached hydrogen (secondary N) is 1. The Balaban J connectivity index is 1.34. The lowest BCUT2D eigenvalue weighted by atomic mass is 10.1. The standard InChI is InChI=1S/C28H32FN5O4/c1-37-24-10-4-20(5-11-24)25-18-34(23-8-6-22(29)7-9-23)28(30-25)31-26(35)19-33(27(36)21-2-3-21)13-12-32-14-16-38-17-15-32/h4-11,18,21H,2-3,12-17,19H2,1H3,(H,30,31,35). The number of aromatic nitrogens is 2. The lowest BCUT2D eigenvalue weighted by Crippen LogP contribution is -2.45. The van der Waals surface area contributed by atoms with Gasteiger partial charge in [0.15, 0.2) is 0 Å². The van der Waals surface area contributed by atoms with E-state index in [0.717, 1.165) is 37.2 Å². The van der Waals surface area contributed by atoms with Gasteiger partial charge >= 0.3 is 0 Å². The maximum atomic E-state index is 13.6. The van der Waals surface area contributed by atoms with E-state index in [9.17, 15) is 14.0 Å². The molecule has 1 aromatic heterocycles. The fourth-order valence-electron chi connectivity index (χ4n) is 4.45. The minimum absolute atomic E-state index is 0.00960. The normalized spacial score (nSPS) is 15.7. The molecule has 2 aliphatic rings. The zero-order chi connectivity index (χ0) is 26.5. The first-order valence-electron chi connectivity index (χ1n) is 12.9. The monoisotopic (exact) mass is 521 g/mol. The van der Waals surface area contributed by atoms with Gasteiger partial charge in [-0.2, -0.15) is 0 Å². The van der Waals surface area contributed by atoms with Crippen molar-refractivity contribution in [2.24, 2.45) is 5.92 Å². The van der Waals surface area contributed by atoms with Crippen molar-refractivity contribution in [1.29, 1.82) is 0 Å². The van der Waals surface area contributed by atoms with Gasteiger partial charge in [0.2, 0.25) is 17.8 Å². The maximum absolute atomic E-state index is 13.6. The van der Waals surface area contributed by atoms with Crippen LogP contribution in [0.1, 0.15) is 12.8 Å². The molecule has 1 saturated carbocycles. The number of hydrogen-bond acceptors (Lipinski definition) is 6. The molecule has 1 aliphatic heterocycles. The second-order valence-electron chi connectivity index (χ2n) is 9.56. The van der Waals surface area contributed by atoms with Crippen LogP contribution in [-0.4, -0.2) is 84.2 Å². The summed E-state index contributed by atoms with van der Waals surface area (Å²) in [7, 11) is 1.60. The molecule has 10 heteroatoms. The second kappa shape index (κ2) is 11.7. The topological polar surface area (TPSA) is 88.9 Å². The molecule has 2 fully saturated rings. The molecule has 2 amide bonds. The number of nitrogens with zero attached hydrogens (tertiary/aromatic N) is 4. The van der Waals surface area contributed by atoms with Crippen molar-refractivity contribution in [3.8, 4) is 22.7 Å². The van der Waals surface area contributed by atoms with Crippen LogP contribution in [0.2, 0.25) is 0 Å². The highest BCUT2D eigenvalue weighted by Crippen LogP contribution is 2.31. The number of benzene rings is 2. The number of imidazole rings is 1. The summed E-state index contributed by atoms with van der Waals surface area (Å²) >= 11 is 0. The summed E-state index contributed by atoms with van der Waals surface area (Å²) in [6.45, 7) is 4.11. The zero-order valence-corrected chi connectivity index (χ0v) is 21.4. The minimum atomic E-state index is -0.357. The maximum Gasteiger partial charge on any atom is 0.246 e. The number of halogens is 1. The Kier molecular flexibility index (Phi) is 8.00. The molecule has 0 unspecified atom stereocenters. The lowest BCUT2D eigenvalue weighted by molar-refractivity contribution is -0.136. The average Bonchev–Trinajstić information content (AvgIpc) is 3.72.